The highest BCUT2D eigenvalue weighted by atomic mass is 16.5. The van der Waals surface area contributed by atoms with Gasteiger partial charge in [0, 0.05) is 11.4 Å². The number of rotatable bonds is 6. The quantitative estimate of drug-likeness (QED) is 0.625. The first kappa shape index (κ1) is 18.2. The summed E-state index contributed by atoms with van der Waals surface area (Å²) in [6, 6.07) is 13.6. The summed E-state index contributed by atoms with van der Waals surface area (Å²) in [5.41, 5.74) is 2.50. The summed E-state index contributed by atoms with van der Waals surface area (Å²) in [5, 5.41) is 5.32. The second-order valence-corrected chi connectivity index (χ2v) is 5.39. The number of para-hydroxylation sites is 1. The number of amides is 2. The minimum Gasteiger partial charge on any atom is -0.462 e. The van der Waals surface area contributed by atoms with Crippen LogP contribution in [0.5, 0.6) is 0 Å². The van der Waals surface area contributed by atoms with E-state index in [9.17, 15) is 14.4 Å². The molecule has 0 radical (unpaired) electrons. The molecule has 2 aromatic rings. The molecule has 0 saturated carbocycles. The minimum atomic E-state index is -0.435. The Kier molecular flexibility index (Phi) is 6.28. The highest BCUT2D eigenvalue weighted by molar-refractivity contribution is 6.08. The number of carbonyl (C=O) groups is 3. The summed E-state index contributed by atoms with van der Waals surface area (Å²) in [4.78, 5) is 35.5. The molecule has 25 heavy (non-hydrogen) atoms. The number of anilines is 2. The van der Waals surface area contributed by atoms with Gasteiger partial charge in [0.15, 0.2) is 0 Å². The van der Waals surface area contributed by atoms with Crippen molar-refractivity contribution >= 4 is 29.2 Å². The van der Waals surface area contributed by atoms with Gasteiger partial charge in [-0.2, -0.15) is 0 Å². The highest BCUT2D eigenvalue weighted by Gasteiger charge is 2.12. The normalized spacial score (nSPS) is 10.0. The molecule has 2 N–H and O–H groups in total. The molecule has 0 unspecified atom stereocenters. The van der Waals surface area contributed by atoms with Crippen LogP contribution in [-0.2, 0) is 14.3 Å². The second-order valence-electron chi connectivity index (χ2n) is 5.39. The SMILES string of the molecule is CCOC(=O)c1ccc(NC(=O)CC(=O)Nc2ccccc2C)cc1. The first-order valence-corrected chi connectivity index (χ1v) is 7.92. The zero-order valence-electron chi connectivity index (χ0n) is 14.2. The summed E-state index contributed by atoms with van der Waals surface area (Å²) in [6.45, 7) is 3.91. The molecule has 2 amide bonds. The zero-order valence-corrected chi connectivity index (χ0v) is 14.2. The van der Waals surface area contributed by atoms with Crippen LogP contribution in [0.15, 0.2) is 48.5 Å². The Morgan fingerprint density at radius 2 is 1.56 bits per heavy atom. The topological polar surface area (TPSA) is 84.5 Å². The van der Waals surface area contributed by atoms with Gasteiger partial charge in [-0.1, -0.05) is 18.2 Å². The molecule has 0 aromatic heterocycles. The van der Waals surface area contributed by atoms with Crippen molar-refractivity contribution in [3.05, 3.63) is 59.7 Å². The fraction of sp³-hybridized carbons (Fsp3) is 0.211. The second kappa shape index (κ2) is 8.63. The van der Waals surface area contributed by atoms with E-state index in [1.165, 1.54) is 0 Å². The molecule has 0 fully saturated rings. The number of hydrogen-bond donors (Lipinski definition) is 2. The smallest absolute Gasteiger partial charge is 0.338 e. The van der Waals surface area contributed by atoms with Crippen molar-refractivity contribution in [2.75, 3.05) is 17.2 Å². The van der Waals surface area contributed by atoms with E-state index in [1.807, 2.05) is 25.1 Å². The lowest BCUT2D eigenvalue weighted by Crippen LogP contribution is -2.21. The predicted octanol–water partition coefficient (Wildman–Crippen LogP) is 3.14. The van der Waals surface area contributed by atoms with Gasteiger partial charge < -0.3 is 15.4 Å². The molecule has 0 heterocycles. The lowest BCUT2D eigenvalue weighted by atomic mass is 10.2. The van der Waals surface area contributed by atoms with Gasteiger partial charge in [-0.3, -0.25) is 9.59 Å². The van der Waals surface area contributed by atoms with Crippen molar-refractivity contribution in [1.82, 2.24) is 0 Å². The number of hydrogen-bond acceptors (Lipinski definition) is 4. The number of carbonyl (C=O) groups excluding carboxylic acids is 3. The van der Waals surface area contributed by atoms with Crippen LogP contribution < -0.4 is 10.6 Å². The molecule has 0 aliphatic rings. The van der Waals surface area contributed by atoms with Crippen molar-refractivity contribution in [2.45, 2.75) is 20.3 Å². The lowest BCUT2D eigenvalue weighted by molar-refractivity contribution is -0.123. The van der Waals surface area contributed by atoms with Gasteiger partial charge in [0.1, 0.15) is 6.42 Å². The maximum atomic E-state index is 12.0. The molecule has 0 atom stereocenters. The molecule has 0 saturated heterocycles. The number of benzene rings is 2. The van der Waals surface area contributed by atoms with E-state index in [1.54, 1.807) is 37.3 Å². The molecule has 6 heteroatoms. The summed E-state index contributed by atoms with van der Waals surface area (Å²) < 4.78 is 4.89. The maximum absolute atomic E-state index is 12.0. The van der Waals surface area contributed by atoms with Gasteiger partial charge in [-0.05, 0) is 49.7 Å². The van der Waals surface area contributed by atoms with Crippen LogP contribution >= 0.6 is 0 Å². The van der Waals surface area contributed by atoms with Crippen LogP contribution in [0.3, 0.4) is 0 Å². The summed E-state index contributed by atoms with van der Waals surface area (Å²) in [6.07, 6.45) is -0.298. The monoisotopic (exact) mass is 340 g/mol. The van der Waals surface area contributed by atoms with E-state index >= 15 is 0 Å². The van der Waals surface area contributed by atoms with Crippen LogP contribution in [0, 0.1) is 6.92 Å². The van der Waals surface area contributed by atoms with E-state index in [2.05, 4.69) is 10.6 Å². The van der Waals surface area contributed by atoms with Crippen LogP contribution in [0.1, 0.15) is 29.3 Å². The molecule has 0 aliphatic heterocycles. The molecule has 6 nitrogen and oxygen atoms in total. The maximum Gasteiger partial charge on any atom is 0.338 e. The summed E-state index contributed by atoms with van der Waals surface area (Å²) >= 11 is 0. The van der Waals surface area contributed by atoms with Crippen LogP contribution in [0.4, 0.5) is 11.4 Å². The van der Waals surface area contributed by atoms with E-state index in [0.717, 1.165) is 5.56 Å². The number of esters is 1. The molecule has 130 valence electrons. The van der Waals surface area contributed by atoms with E-state index < -0.39 is 17.8 Å². The Hall–Kier alpha value is -3.15. The molecular formula is C19H20N2O4. The van der Waals surface area contributed by atoms with Gasteiger partial charge in [0.2, 0.25) is 11.8 Å². The molecule has 0 bridgehead atoms. The first-order valence-electron chi connectivity index (χ1n) is 7.92. The Bertz CT molecular complexity index is 769. The standard InChI is InChI=1S/C19H20N2O4/c1-3-25-19(24)14-8-10-15(11-9-14)20-17(22)12-18(23)21-16-7-5-4-6-13(16)2/h4-11H,3,12H2,1-2H3,(H,20,22)(H,21,23). The van der Waals surface area contributed by atoms with Gasteiger partial charge in [0.25, 0.3) is 0 Å². The van der Waals surface area contributed by atoms with Crippen molar-refractivity contribution in [1.29, 1.82) is 0 Å². The average molecular weight is 340 g/mol. The Morgan fingerprint density at radius 3 is 2.20 bits per heavy atom. The molecule has 0 spiro atoms. The lowest BCUT2D eigenvalue weighted by Gasteiger charge is -2.09. The van der Waals surface area contributed by atoms with Gasteiger partial charge in [-0.25, -0.2) is 4.79 Å². The van der Waals surface area contributed by atoms with E-state index in [0.29, 0.717) is 23.5 Å². The number of aryl methyl sites for hydroxylation is 1. The van der Waals surface area contributed by atoms with Crippen LogP contribution in [0.2, 0.25) is 0 Å². The third-order valence-corrected chi connectivity index (χ3v) is 3.42. The van der Waals surface area contributed by atoms with Gasteiger partial charge in [0.05, 0.1) is 12.2 Å². The minimum absolute atomic E-state index is 0.298. The largest absolute Gasteiger partial charge is 0.462 e. The third kappa shape index (κ3) is 5.46. The molecule has 2 rings (SSSR count). The Labute approximate surface area is 146 Å². The third-order valence-electron chi connectivity index (χ3n) is 3.42. The molecule has 2 aromatic carbocycles. The molecular weight excluding hydrogens is 320 g/mol. The van der Waals surface area contributed by atoms with Crippen molar-refractivity contribution in [3.8, 4) is 0 Å². The van der Waals surface area contributed by atoms with Crippen molar-refractivity contribution < 1.29 is 19.1 Å². The Morgan fingerprint density at radius 1 is 0.920 bits per heavy atom. The van der Waals surface area contributed by atoms with Gasteiger partial charge >= 0.3 is 5.97 Å². The van der Waals surface area contributed by atoms with E-state index in [4.69, 9.17) is 4.74 Å². The van der Waals surface area contributed by atoms with Crippen LogP contribution in [0.25, 0.3) is 0 Å². The first-order chi connectivity index (χ1) is 12.0. The van der Waals surface area contributed by atoms with Crippen molar-refractivity contribution in [3.63, 3.8) is 0 Å². The fourth-order valence-electron chi connectivity index (χ4n) is 2.16. The fourth-order valence-corrected chi connectivity index (χ4v) is 2.16. The van der Waals surface area contributed by atoms with E-state index in [-0.39, 0.29) is 6.42 Å². The summed E-state index contributed by atoms with van der Waals surface area (Å²) in [5.74, 6) is -1.25. The van der Waals surface area contributed by atoms with Gasteiger partial charge in [-0.15, -0.1) is 0 Å². The highest BCUT2D eigenvalue weighted by Crippen LogP contribution is 2.14. The predicted molar refractivity (Wildman–Crippen MR) is 95.5 cm³/mol. The number of nitrogens with one attached hydrogen (secondary N) is 2. The van der Waals surface area contributed by atoms with Crippen molar-refractivity contribution in [2.24, 2.45) is 0 Å². The van der Waals surface area contributed by atoms with Crippen LogP contribution in [-0.4, -0.2) is 24.4 Å². The molecule has 0 aliphatic carbocycles. The Balaban J connectivity index is 1.88. The number of ether oxygens (including phenoxy) is 1. The average Bonchev–Trinajstić information content (AvgIpc) is 2.57. The zero-order chi connectivity index (χ0) is 18.2. The summed E-state index contributed by atoms with van der Waals surface area (Å²) in [7, 11) is 0.